The molecule has 3 nitrogen and oxygen atoms in total. The van der Waals surface area contributed by atoms with Crippen LogP contribution in [0.2, 0.25) is 0 Å². The van der Waals surface area contributed by atoms with E-state index in [9.17, 15) is 15.3 Å². The van der Waals surface area contributed by atoms with Crippen LogP contribution in [0.25, 0.3) is 0 Å². The van der Waals surface area contributed by atoms with Gasteiger partial charge in [-0.1, -0.05) is 55.4 Å². The number of fused-ring (bicyclic) bond motifs is 7. The lowest BCUT2D eigenvalue weighted by atomic mass is 9.29. The lowest BCUT2D eigenvalue weighted by Gasteiger charge is -2.78. The lowest BCUT2D eigenvalue weighted by Crippen LogP contribution is -2.81. The minimum absolute atomic E-state index is 0.00108. The predicted octanol–water partition coefficient (Wildman–Crippen LogP) is 6.33. The largest absolute Gasteiger partial charge is 0.393 e. The van der Waals surface area contributed by atoms with E-state index in [2.05, 4.69) is 55.4 Å². The van der Waals surface area contributed by atoms with Gasteiger partial charge < -0.3 is 15.3 Å². The monoisotopic (exact) mass is 460 g/mol. The molecule has 5 fully saturated rings. The van der Waals surface area contributed by atoms with Crippen molar-refractivity contribution in [2.24, 2.45) is 50.7 Å². The van der Waals surface area contributed by atoms with Crippen LogP contribution < -0.4 is 0 Å². The van der Waals surface area contributed by atoms with E-state index in [4.69, 9.17) is 0 Å². The number of aliphatic hydroxyl groups is 3. The Labute approximate surface area is 203 Å². The molecule has 33 heavy (non-hydrogen) atoms. The van der Waals surface area contributed by atoms with Crippen molar-refractivity contribution in [3.63, 3.8) is 0 Å². The summed E-state index contributed by atoms with van der Waals surface area (Å²) in [6, 6.07) is 0. The minimum Gasteiger partial charge on any atom is -0.393 e. The molecule has 0 radical (unpaired) electrons. The van der Waals surface area contributed by atoms with E-state index >= 15 is 0 Å². The molecule has 0 unspecified atom stereocenters. The van der Waals surface area contributed by atoms with Crippen molar-refractivity contribution in [1.82, 2.24) is 0 Å². The fourth-order valence-corrected chi connectivity index (χ4v) is 11.7. The van der Waals surface area contributed by atoms with Gasteiger partial charge in [0.1, 0.15) is 5.60 Å². The van der Waals surface area contributed by atoms with Gasteiger partial charge in [-0.25, -0.2) is 0 Å². The smallest absolute Gasteiger partial charge is 0.102 e. The Hall–Kier alpha value is -0.120. The highest BCUT2D eigenvalue weighted by atomic mass is 16.4. The van der Waals surface area contributed by atoms with Crippen molar-refractivity contribution >= 4 is 0 Å². The van der Waals surface area contributed by atoms with Crippen molar-refractivity contribution in [1.29, 1.82) is 0 Å². The van der Waals surface area contributed by atoms with Crippen molar-refractivity contribution in [2.45, 2.75) is 137 Å². The topological polar surface area (TPSA) is 60.7 Å². The lowest BCUT2D eigenvalue weighted by molar-refractivity contribution is -0.373. The molecular formula is C30H52O3. The van der Waals surface area contributed by atoms with Gasteiger partial charge in [-0.15, -0.1) is 0 Å². The zero-order chi connectivity index (χ0) is 24.5. The van der Waals surface area contributed by atoms with Crippen molar-refractivity contribution in [3.05, 3.63) is 0 Å². The Balaban J connectivity index is 1.62. The summed E-state index contributed by atoms with van der Waals surface area (Å²) < 4.78 is 0. The Morgan fingerprint density at radius 3 is 1.97 bits per heavy atom. The maximum Gasteiger partial charge on any atom is 0.102 e. The maximum absolute atomic E-state index is 12.9. The average Bonchev–Trinajstić information content (AvgIpc) is 2.74. The molecule has 0 spiro atoms. The number of aliphatic hydroxyl groups excluding tert-OH is 1. The minimum atomic E-state index is -1.04. The second kappa shape index (κ2) is 6.80. The molecule has 3 N–H and O–H groups in total. The van der Waals surface area contributed by atoms with Gasteiger partial charge in [0.2, 0.25) is 0 Å². The first-order chi connectivity index (χ1) is 15.1. The highest BCUT2D eigenvalue weighted by Gasteiger charge is 2.79. The summed E-state index contributed by atoms with van der Waals surface area (Å²) in [6.45, 7) is 18.8. The quantitative estimate of drug-likeness (QED) is 0.395. The summed E-state index contributed by atoms with van der Waals surface area (Å²) in [5.41, 5.74) is -2.43. The van der Waals surface area contributed by atoms with Gasteiger partial charge in [0.25, 0.3) is 0 Å². The first-order valence-electron chi connectivity index (χ1n) is 14.2. The van der Waals surface area contributed by atoms with E-state index < -0.39 is 11.2 Å². The average molecular weight is 461 g/mol. The van der Waals surface area contributed by atoms with Gasteiger partial charge in [-0.3, -0.25) is 0 Å². The predicted molar refractivity (Wildman–Crippen MR) is 134 cm³/mol. The molecule has 0 bridgehead atoms. The fraction of sp³-hybridized carbons (Fsp3) is 1.00. The van der Waals surface area contributed by atoms with E-state index in [1.54, 1.807) is 0 Å². The summed E-state index contributed by atoms with van der Waals surface area (Å²) >= 11 is 0. The summed E-state index contributed by atoms with van der Waals surface area (Å²) in [7, 11) is 0. The molecule has 3 heteroatoms. The number of hydrogen-bond donors (Lipinski definition) is 3. The molecule has 0 saturated heterocycles. The molecule has 5 saturated carbocycles. The third-order valence-electron chi connectivity index (χ3n) is 14.4. The number of hydrogen-bond acceptors (Lipinski definition) is 3. The summed E-state index contributed by atoms with van der Waals surface area (Å²) in [5.74, 6) is 1.60. The molecule has 0 aromatic heterocycles. The molecule has 190 valence electrons. The van der Waals surface area contributed by atoms with E-state index in [0.29, 0.717) is 17.8 Å². The van der Waals surface area contributed by atoms with Gasteiger partial charge in [-0.05, 0) is 110 Å². The first kappa shape index (κ1) is 24.6. The molecule has 0 aliphatic heterocycles. The van der Waals surface area contributed by atoms with Crippen LogP contribution in [-0.4, -0.2) is 32.6 Å². The van der Waals surface area contributed by atoms with Crippen molar-refractivity contribution < 1.29 is 15.3 Å². The molecule has 5 aliphatic rings. The molecule has 5 aliphatic carbocycles. The summed E-state index contributed by atoms with van der Waals surface area (Å²) in [6.07, 6.45) is 9.94. The van der Waals surface area contributed by atoms with Gasteiger partial charge in [0.05, 0.1) is 11.7 Å². The molecule has 0 aromatic rings. The van der Waals surface area contributed by atoms with Crippen LogP contribution >= 0.6 is 0 Å². The highest BCUT2D eigenvalue weighted by molar-refractivity contribution is 5.29. The molecule has 0 heterocycles. The van der Waals surface area contributed by atoms with Crippen LogP contribution in [0.1, 0.15) is 120 Å². The number of rotatable bonds is 0. The summed E-state index contributed by atoms with van der Waals surface area (Å²) in [4.78, 5) is 0. The summed E-state index contributed by atoms with van der Waals surface area (Å²) in [5, 5.41) is 36.5. The van der Waals surface area contributed by atoms with Gasteiger partial charge in [0, 0.05) is 5.41 Å². The Kier molecular flexibility index (Phi) is 5.06. The van der Waals surface area contributed by atoms with Gasteiger partial charge in [0.15, 0.2) is 0 Å². The Bertz CT molecular complexity index is 823. The van der Waals surface area contributed by atoms with Crippen molar-refractivity contribution in [2.75, 3.05) is 0 Å². The standard InChI is InChI=1S/C30H52O3/c1-19-9-13-25(5)17-18-28(8)27(7)15-10-21-24(3,4)23(31)12-14-26(21,6)22(27)11-16-29(28,32)30(25,33)20(19)2/h19-23,31-33H,9-18H2,1-8H3/t19-,20+,21+,22-,23+,25-,26+,27-,28+,29+,30+/m1/s1. The van der Waals surface area contributed by atoms with Crippen molar-refractivity contribution in [3.8, 4) is 0 Å². The van der Waals surface area contributed by atoms with E-state index in [0.717, 1.165) is 64.2 Å². The van der Waals surface area contributed by atoms with E-state index in [1.807, 2.05) is 0 Å². The third kappa shape index (κ3) is 2.49. The van der Waals surface area contributed by atoms with Gasteiger partial charge >= 0.3 is 0 Å². The van der Waals surface area contributed by atoms with Crippen LogP contribution in [-0.2, 0) is 0 Å². The third-order valence-corrected chi connectivity index (χ3v) is 14.4. The fourth-order valence-electron chi connectivity index (χ4n) is 11.7. The van der Waals surface area contributed by atoms with Crippen LogP contribution in [0.3, 0.4) is 0 Å². The SMILES string of the molecule is C[C@@H]1CC[C@]2(C)CC[C@]3(C)[C@@](O)(CC[C@@H]4[C@@]5(C)CC[C@H](O)C(C)(C)[C@@H]5CC[C@]43C)[C@]2(O)[C@H]1C. The van der Waals surface area contributed by atoms with Crippen LogP contribution in [0.15, 0.2) is 0 Å². The molecule has 11 atom stereocenters. The molecule has 0 aromatic carbocycles. The normalized spacial score (nSPS) is 62.5. The highest BCUT2D eigenvalue weighted by Crippen LogP contribution is 2.78. The Morgan fingerprint density at radius 2 is 1.30 bits per heavy atom. The second-order valence-corrected chi connectivity index (χ2v) is 15.3. The molecule has 0 amide bonds. The van der Waals surface area contributed by atoms with E-state index in [-0.39, 0.29) is 39.1 Å². The maximum atomic E-state index is 12.9. The zero-order valence-electron chi connectivity index (χ0n) is 22.8. The van der Waals surface area contributed by atoms with Gasteiger partial charge in [-0.2, -0.15) is 0 Å². The first-order valence-corrected chi connectivity index (χ1v) is 14.2. The van der Waals surface area contributed by atoms with Crippen LogP contribution in [0, 0.1) is 50.7 Å². The molecule has 5 rings (SSSR count). The molecular weight excluding hydrogens is 408 g/mol. The Morgan fingerprint density at radius 1 is 0.667 bits per heavy atom. The van der Waals surface area contributed by atoms with E-state index in [1.165, 1.54) is 0 Å². The second-order valence-electron chi connectivity index (χ2n) is 15.3. The van der Waals surface area contributed by atoms with Crippen LogP contribution in [0.4, 0.5) is 0 Å². The van der Waals surface area contributed by atoms with Crippen LogP contribution in [0.5, 0.6) is 0 Å². The zero-order valence-corrected chi connectivity index (χ0v) is 22.8.